The summed E-state index contributed by atoms with van der Waals surface area (Å²) in [5.41, 5.74) is 1.95. The van der Waals surface area contributed by atoms with Crippen LogP contribution >= 0.6 is 0 Å². The molecule has 1 aliphatic carbocycles. The van der Waals surface area contributed by atoms with Gasteiger partial charge in [-0.1, -0.05) is 50.1 Å². The van der Waals surface area contributed by atoms with Crippen LogP contribution in [0.5, 0.6) is 0 Å². The minimum Gasteiger partial charge on any atom is -0.449 e. The molecule has 154 valence electrons. The molecule has 0 radical (unpaired) electrons. The standard InChI is InChI=1S/C23H29N3O3/c1-17-8-6-7-11-21(17)25-23(28)18(2)29-22(27)13-12-20-14-24-26(16-20)15-19-9-4-3-5-10-19/h3-5,9-10,12-14,16-18,21H,6-8,11,15H2,1-2H3,(H,25,28)/b13-12+/t17-,18-,21-/m1/s1. The third-order valence-corrected chi connectivity index (χ3v) is 5.35. The maximum atomic E-state index is 12.3. The number of benzene rings is 1. The lowest BCUT2D eigenvalue weighted by Crippen LogP contribution is -2.45. The van der Waals surface area contributed by atoms with E-state index in [1.807, 2.05) is 41.2 Å². The van der Waals surface area contributed by atoms with Crippen molar-refractivity contribution in [1.29, 1.82) is 0 Å². The van der Waals surface area contributed by atoms with E-state index in [-0.39, 0.29) is 11.9 Å². The van der Waals surface area contributed by atoms with E-state index >= 15 is 0 Å². The number of carbonyl (C=O) groups is 2. The summed E-state index contributed by atoms with van der Waals surface area (Å²) in [6, 6.07) is 10.2. The van der Waals surface area contributed by atoms with Gasteiger partial charge < -0.3 is 10.1 Å². The number of ether oxygens (including phenoxy) is 1. The highest BCUT2D eigenvalue weighted by Crippen LogP contribution is 2.23. The molecule has 1 saturated carbocycles. The summed E-state index contributed by atoms with van der Waals surface area (Å²) >= 11 is 0. The van der Waals surface area contributed by atoms with E-state index in [0.717, 1.165) is 30.4 Å². The Hall–Kier alpha value is -2.89. The minimum atomic E-state index is -0.818. The Morgan fingerprint density at radius 1 is 1.28 bits per heavy atom. The summed E-state index contributed by atoms with van der Waals surface area (Å²) < 4.78 is 7.06. The average Bonchev–Trinajstić information content (AvgIpc) is 3.16. The van der Waals surface area contributed by atoms with Crippen molar-refractivity contribution >= 4 is 18.0 Å². The maximum Gasteiger partial charge on any atom is 0.331 e. The zero-order chi connectivity index (χ0) is 20.6. The van der Waals surface area contributed by atoms with Gasteiger partial charge in [-0.3, -0.25) is 9.48 Å². The van der Waals surface area contributed by atoms with Gasteiger partial charge in [0.25, 0.3) is 5.91 Å². The smallest absolute Gasteiger partial charge is 0.331 e. The fourth-order valence-electron chi connectivity index (χ4n) is 3.58. The number of nitrogens with one attached hydrogen (secondary N) is 1. The van der Waals surface area contributed by atoms with Crippen molar-refractivity contribution in [2.24, 2.45) is 5.92 Å². The van der Waals surface area contributed by atoms with Crippen LogP contribution in [0.3, 0.4) is 0 Å². The summed E-state index contributed by atoms with van der Waals surface area (Å²) in [5, 5.41) is 7.32. The second-order valence-corrected chi connectivity index (χ2v) is 7.75. The Morgan fingerprint density at radius 2 is 2.03 bits per heavy atom. The Bertz CT molecular complexity index is 844. The van der Waals surface area contributed by atoms with Crippen molar-refractivity contribution in [2.45, 2.75) is 58.2 Å². The van der Waals surface area contributed by atoms with Crippen molar-refractivity contribution in [3.8, 4) is 0 Å². The second kappa shape index (κ2) is 10.0. The summed E-state index contributed by atoms with van der Waals surface area (Å²) in [6.07, 6.45) is 10.2. The quantitative estimate of drug-likeness (QED) is 0.575. The summed E-state index contributed by atoms with van der Waals surface area (Å²) in [4.78, 5) is 24.4. The molecule has 29 heavy (non-hydrogen) atoms. The first-order valence-electron chi connectivity index (χ1n) is 10.3. The lowest BCUT2D eigenvalue weighted by atomic mass is 9.86. The van der Waals surface area contributed by atoms with Crippen LogP contribution in [0, 0.1) is 5.92 Å². The molecule has 1 aromatic carbocycles. The van der Waals surface area contributed by atoms with Gasteiger partial charge in [0, 0.05) is 23.9 Å². The van der Waals surface area contributed by atoms with E-state index < -0.39 is 12.1 Å². The van der Waals surface area contributed by atoms with Crippen LogP contribution in [0.4, 0.5) is 0 Å². The van der Waals surface area contributed by atoms with Crippen molar-refractivity contribution < 1.29 is 14.3 Å². The molecule has 1 aliphatic rings. The predicted octanol–water partition coefficient (Wildman–Crippen LogP) is 3.57. The van der Waals surface area contributed by atoms with Gasteiger partial charge in [-0.25, -0.2) is 4.79 Å². The van der Waals surface area contributed by atoms with E-state index in [1.54, 1.807) is 19.2 Å². The largest absolute Gasteiger partial charge is 0.449 e. The third-order valence-electron chi connectivity index (χ3n) is 5.35. The molecule has 1 heterocycles. The second-order valence-electron chi connectivity index (χ2n) is 7.75. The van der Waals surface area contributed by atoms with Crippen LogP contribution in [0.2, 0.25) is 0 Å². The first-order chi connectivity index (χ1) is 14.0. The number of aromatic nitrogens is 2. The van der Waals surface area contributed by atoms with Crippen LogP contribution < -0.4 is 5.32 Å². The molecule has 6 nitrogen and oxygen atoms in total. The zero-order valence-electron chi connectivity index (χ0n) is 17.1. The highest BCUT2D eigenvalue weighted by molar-refractivity contribution is 5.90. The van der Waals surface area contributed by atoms with Gasteiger partial charge in [0.05, 0.1) is 12.7 Å². The molecule has 1 aromatic heterocycles. The van der Waals surface area contributed by atoms with Crippen LogP contribution in [-0.4, -0.2) is 33.8 Å². The normalized spacial score (nSPS) is 20.3. The minimum absolute atomic E-state index is 0.170. The molecule has 2 aromatic rings. The number of nitrogens with zero attached hydrogens (tertiary/aromatic N) is 2. The Morgan fingerprint density at radius 3 is 2.79 bits per heavy atom. The van der Waals surface area contributed by atoms with Crippen molar-refractivity contribution in [1.82, 2.24) is 15.1 Å². The van der Waals surface area contributed by atoms with E-state index in [1.165, 1.54) is 12.5 Å². The lowest BCUT2D eigenvalue weighted by molar-refractivity contribution is -0.150. The number of hydrogen-bond donors (Lipinski definition) is 1. The maximum absolute atomic E-state index is 12.3. The van der Waals surface area contributed by atoms with E-state index in [0.29, 0.717) is 12.5 Å². The number of esters is 1. The number of rotatable bonds is 7. The van der Waals surface area contributed by atoms with Gasteiger partial charge in [0.2, 0.25) is 0 Å². The lowest BCUT2D eigenvalue weighted by Gasteiger charge is -2.30. The van der Waals surface area contributed by atoms with Gasteiger partial charge >= 0.3 is 5.97 Å². The van der Waals surface area contributed by atoms with Crippen molar-refractivity contribution in [2.75, 3.05) is 0 Å². The Balaban J connectivity index is 1.47. The molecule has 0 spiro atoms. The summed E-state index contributed by atoms with van der Waals surface area (Å²) in [7, 11) is 0. The van der Waals surface area contributed by atoms with Gasteiger partial charge in [-0.05, 0) is 37.3 Å². The fraction of sp³-hybridized carbons (Fsp3) is 0.435. The molecular weight excluding hydrogens is 366 g/mol. The molecule has 0 unspecified atom stereocenters. The molecule has 0 aliphatic heterocycles. The highest BCUT2D eigenvalue weighted by Gasteiger charge is 2.25. The van der Waals surface area contributed by atoms with Gasteiger partial charge in [-0.15, -0.1) is 0 Å². The average molecular weight is 396 g/mol. The van der Waals surface area contributed by atoms with Gasteiger partial charge in [0.15, 0.2) is 6.10 Å². The molecule has 1 fully saturated rings. The predicted molar refractivity (Wildman–Crippen MR) is 112 cm³/mol. The Kier molecular flexibility index (Phi) is 7.22. The first-order valence-corrected chi connectivity index (χ1v) is 10.3. The molecule has 3 atom stereocenters. The van der Waals surface area contributed by atoms with Crippen molar-refractivity contribution in [3.63, 3.8) is 0 Å². The molecule has 0 saturated heterocycles. The zero-order valence-corrected chi connectivity index (χ0v) is 17.1. The monoisotopic (exact) mass is 395 g/mol. The molecule has 3 rings (SSSR count). The topological polar surface area (TPSA) is 73.2 Å². The third kappa shape index (κ3) is 6.31. The molecule has 1 amide bonds. The van der Waals surface area contributed by atoms with E-state index in [9.17, 15) is 9.59 Å². The Labute approximate surface area is 171 Å². The van der Waals surface area contributed by atoms with Crippen molar-refractivity contribution in [3.05, 3.63) is 59.9 Å². The molecule has 0 bridgehead atoms. The molecule has 1 N–H and O–H groups in total. The molecular formula is C23H29N3O3. The first kappa shape index (κ1) is 20.8. The highest BCUT2D eigenvalue weighted by atomic mass is 16.5. The number of carbonyl (C=O) groups excluding carboxylic acids is 2. The van der Waals surface area contributed by atoms with E-state index in [2.05, 4.69) is 17.3 Å². The van der Waals surface area contributed by atoms with Gasteiger partial charge in [-0.2, -0.15) is 5.10 Å². The fourth-order valence-corrected chi connectivity index (χ4v) is 3.58. The van der Waals surface area contributed by atoms with Gasteiger partial charge in [0.1, 0.15) is 0 Å². The van der Waals surface area contributed by atoms with E-state index in [4.69, 9.17) is 4.74 Å². The molecule has 6 heteroatoms. The van der Waals surface area contributed by atoms with Crippen LogP contribution in [0.1, 0.15) is 50.7 Å². The summed E-state index contributed by atoms with van der Waals surface area (Å²) in [5.74, 6) is -0.316. The van der Waals surface area contributed by atoms with Crippen LogP contribution in [-0.2, 0) is 20.9 Å². The number of hydrogen-bond acceptors (Lipinski definition) is 4. The number of amides is 1. The summed E-state index contributed by atoms with van der Waals surface area (Å²) in [6.45, 7) is 4.42. The van der Waals surface area contributed by atoms with Crippen LogP contribution in [0.15, 0.2) is 48.8 Å². The van der Waals surface area contributed by atoms with Crippen LogP contribution in [0.25, 0.3) is 6.08 Å². The SMILES string of the molecule is C[C@@H]1CCCC[C@H]1NC(=O)[C@@H](C)OC(=O)/C=C/c1cnn(Cc2ccccc2)c1.